The fourth-order valence-corrected chi connectivity index (χ4v) is 3.83. The number of nitrogens with zero attached hydrogens (tertiary/aromatic N) is 3. The Morgan fingerprint density at radius 3 is 2.86 bits per heavy atom. The SMILES string of the molecule is O=C(c1ccc(F)cc1Cl)N1CCCC(Cc2nc(-c3ccccc3F)no2)C1. The first-order valence-electron chi connectivity index (χ1n) is 9.33. The van der Waals surface area contributed by atoms with Crippen molar-refractivity contribution in [3.8, 4) is 11.4 Å². The van der Waals surface area contributed by atoms with E-state index in [0.29, 0.717) is 25.4 Å². The van der Waals surface area contributed by atoms with Crippen LogP contribution in [0.2, 0.25) is 5.02 Å². The molecule has 0 bridgehead atoms. The minimum atomic E-state index is -0.481. The highest BCUT2D eigenvalue weighted by Gasteiger charge is 2.27. The maximum Gasteiger partial charge on any atom is 0.255 e. The number of amides is 1. The Kier molecular flexibility index (Phi) is 5.58. The van der Waals surface area contributed by atoms with Crippen LogP contribution in [0.5, 0.6) is 0 Å². The third-order valence-electron chi connectivity index (χ3n) is 5.01. The van der Waals surface area contributed by atoms with Gasteiger partial charge in [0.25, 0.3) is 5.91 Å². The molecule has 5 nitrogen and oxygen atoms in total. The first kappa shape index (κ1) is 19.5. The van der Waals surface area contributed by atoms with E-state index in [9.17, 15) is 13.6 Å². The van der Waals surface area contributed by atoms with Gasteiger partial charge >= 0.3 is 0 Å². The summed E-state index contributed by atoms with van der Waals surface area (Å²) in [6, 6.07) is 10.0. The van der Waals surface area contributed by atoms with Gasteiger partial charge in [0, 0.05) is 19.5 Å². The lowest BCUT2D eigenvalue weighted by molar-refractivity contribution is 0.0668. The predicted octanol–water partition coefficient (Wildman–Crippen LogP) is 4.76. The average Bonchev–Trinajstić information content (AvgIpc) is 3.16. The summed E-state index contributed by atoms with van der Waals surface area (Å²) in [7, 11) is 0. The van der Waals surface area contributed by atoms with Crippen molar-refractivity contribution in [2.24, 2.45) is 5.92 Å². The Morgan fingerprint density at radius 1 is 1.24 bits per heavy atom. The number of rotatable bonds is 4. The lowest BCUT2D eigenvalue weighted by atomic mass is 9.94. The summed E-state index contributed by atoms with van der Waals surface area (Å²) in [6.45, 7) is 1.11. The molecular formula is C21H18ClF2N3O2. The molecule has 1 aliphatic heterocycles. The molecule has 1 aliphatic rings. The van der Waals surface area contributed by atoms with Crippen LogP contribution >= 0.6 is 11.6 Å². The van der Waals surface area contributed by atoms with Crippen molar-refractivity contribution >= 4 is 17.5 Å². The monoisotopic (exact) mass is 417 g/mol. The minimum absolute atomic E-state index is 0.101. The van der Waals surface area contributed by atoms with Gasteiger partial charge < -0.3 is 9.42 Å². The number of benzene rings is 2. The van der Waals surface area contributed by atoms with Crippen LogP contribution in [0.1, 0.15) is 29.1 Å². The summed E-state index contributed by atoms with van der Waals surface area (Å²) in [5.41, 5.74) is 0.572. The Balaban J connectivity index is 1.44. The maximum absolute atomic E-state index is 13.9. The van der Waals surface area contributed by atoms with Crippen molar-refractivity contribution in [3.05, 3.63) is 70.6 Å². The lowest BCUT2D eigenvalue weighted by Crippen LogP contribution is -2.40. The molecule has 3 aromatic rings. The molecule has 150 valence electrons. The van der Waals surface area contributed by atoms with Crippen molar-refractivity contribution in [2.75, 3.05) is 13.1 Å². The topological polar surface area (TPSA) is 59.2 Å². The van der Waals surface area contributed by atoms with Gasteiger partial charge in [-0.2, -0.15) is 4.98 Å². The molecule has 0 N–H and O–H groups in total. The van der Waals surface area contributed by atoms with Gasteiger partial charge in [0.2, 0.25) is 11.7 Å². The molecule has 1 amide bonds. The fourth-order valence-electron chi connectivity index (χ4n) is 3.59. The van der Waals surface area contributed by atoms with E-state index in [1.54, 1.807) is 23.1 Å². The second-order valence-electron chi connectivity index (χ2n) is 7.08. The van der Waals surface area contributed by atoms with E-state index in [1.165, 1.54) is 18.2 Å². The zero-order chi connectivity index (χ0) is 20.4. The van der Waals surface area contributed by atoms with Gasteiger partial charge in [-0.3, -0.25) is 4.79 Å². The van der Waals surface area contributed by atoms with Crippen LogP contribution in [0.25, 0.3) is 11.4 Å². The van der Waals surface area contributed by atoms with Gasteiger partial charge in [-0.25, -0.2) is 8.78 Å². The van der Waals surface area contributed by atoms with E-state index in [1.807, 2.05) is 0 Å². The molecule has 8 heteroatoms. The van der Waals surface area contributed by atoms with E-state index in [0.717, 1.165) is 18.9 Å². The molecule has 0 saturated carbocycles. The molecule has 0 aliphatic carbocycles. The van der Waals surface area contributed by atoms with Crippen LogP contribution in [-0.4, -0.2) is 34.0 Å². The van der Waals surface area contributed by atoms with E-state index in [2.05, 4.69) is 10.1 Å². The molecule has 1 saturated heterocycles. The molecule has 29 heavy (non-hydrogen) atoms. The van der Waals surface area contributed by atoms with E-state index < -0.39 is 11.6 Å². The predicted molar refractivity (Wildman–Crippen MR) is 103 cm³/mol. The molecular weight excluding hydrogens is 400 g/mol. The summed E-state index contributed by atoms with van der Waals surface area (Å²) >= 11 is 6.03. The van der Waals surface area contributed by atoms with Crippen molar-refractivity contribution in [3.63, 3.8) is 0 Å². The summed E-state index contributed by atoms with van der Waals surface area (Å²) in [5.74, 6) is -0.379. The van der Waals surface area contributed by atoms with Crippen LogP contribution < -0.4 is 0 Å². The number of likely N-dealkylation sites (tertiary alicyclic amines) is 1. The number of carbonyl (C=O) groups is 1. The van der Waals surface area contributed by atoms with Crippen LogP contribution in [0.15, 0.2) is 47.0 Å². The molecule has 1 atom stereocenters. The zero-order valence-electron chi connectivity index (χ0n) is 15.4. The van der Waals surface area contributed by atoms with Gasteiger partial charge in [0.1, 0.15) is 11.6 Å². The van der Waals surface area contributed by atoms with Gasteiger partial charge in [-0.1, -0.05) is 28.9 Å². The average molecular weight is 418 g/mol. The number of aromatic nitrogens is 2. The zero-order valence-corrected chi connectivity index (χ0v) is 16.2. The molecule has 1 fully saturated rings. The number of hydrogen-bond acceptors (Lipinski definition) is 4. The van der Waals surface area contributed by atoms with Gasteiger partial charge in [0.15, 0.2) is 0 Å². The first-order valence-corrected chi connectivity index (χ1v) is 9.71. The number of halogens is 3. The second kappa shape index (κ2) is 8.29. The fraction of sp³-hybridized carbons (Fsp3) is 0.286. The Hall–Kier alpha value is -2.80. The Labute approximate surface area is 171 Å². The largest absolute Gasteiger partial charge is 0.339 e. The molecule has 1 unspecified atom stereocenters. The van der Waals surface area contributed by atoms with Crippen molar-refractivity contribution < 1.29 is 18.1 Å². The van der Waals surface area contributed by atoms with Crippen molar-refractivity contribution in [1.29, 1.82) is 0 Å². The summed E-state index contributed by atoms with van der Waals surface area (Å²) in [4.78, 5) is 18.8. The molecule has 2 aromatic carbocycles. The number of hydrogen-bond donors (Lipinski definition) is 0. The lowest BCUT2D eigenvalue weighted by Gasteiger charge is -2.32. The first-order chi connectivity index (χ1) is 14.0. The Bertz CT molecular complexity index is 1040. The molecule has 2 heterocycles. The summed E-state index contributed by atoms with van der Waals surface area (Å²) in [6.07, 6.45) is 2.21. The quantitative estimate of drug-likeness (QED) is 0.614. The van der Waals surface area contributed by atoms with Gasteiger partial charge in [-0.05, 0) is 49.1 Å². The molecule has 0 spiro atoms. The third kappa shape index (κ3) is 4.29. The third-order valence-corrected chi connectivity index (χ3v) is 5.33. The standard InChI is InChI=1S/C21H18ClF2N3O2/c22-17-11-14(23)7-8-15(17)21(28)27-9-3-4-13(12-27)10-19-25-20(26-29-19)16-5-1-2-6-18(16)24/h1-2,5-8,11,13H,3-4,9-10,12H2. The van der Waals surface area contributed by atoms with Crippen LogP contribution in [0.4, 0.5) is 8.78 Å². The van der Waals surface area contributed by atoms with E-state index in [4.69, 9.17) is 16.1 Å². The van der Waals surface area contributed by atoms with E-state index in [-0.39, 0.29) is 33.8 Å². The highest BCUT2D eigenvalue weighted by molar-refractivity contribution is 6.33. The molecule has 1 aromatic heterocycles. The smallest absolute Gasteiger partial charge is 0.255 e. The van der Waals surface area contributed by atoms with Crippen LogP contribution in [0.3, 0.4) is 0 Å². The van der Waals surface area contributed by atoms with Crippen LogP contribution in [-0.2, 0) is 6.42 Å². The normalized spacial score (nSPS) is 16.8. The number of piperidine rings is 1. The molecule has 4 rings (SSSR count). The Morgan fingerprint density at radius 2 is 2.07 bits per heavy atom. The van der Waals surface area contributed by atoms with Crippen molar-refractivity contribution in [2.45, 2.75) is 19.3 Å². The van der Waals surface area contributed by atoms with Crippen LogP contribution in [0, 0.1) is 17.6 Å². The highest BCUT2D eigenvalue weighted by atomic mass is 35.5. The molecule has 0 radical (unpaired) electrons. The number of carbonyl (C=O) groups excluding carboxylic acids is 1. The summed E-state index contributed by atoms with van der Waals surface area (Å²) in [5, 5.41) is 3.98. The highest BCUT2D eigenvalue weighted by Crippen LogP contribution is 2.26. The van der Waals surface area contributed by atoms with E-state index >= 15 is 0 Å². The van der Waals surface area contributed by atoms with Gasteiger partial charge in [0.05, 0.1) is 16.1 Å². The summed E-state index contributed by atoms with van der Waals surface area (Å²) < 4.78 is 32.4. The maximum atomic E-state index is 13.9. The van der Waals surface area contributed by atoms with Crippen molar-refractivity contribution in [1.82, 2.24) is 15.0 Å². The minimum Gasteiger partial charge on any atom is -0.339 e. The van der Waals surface area contributed by atoms with Gasteiger partial charge in [-0.15, -0.1) is 0 Å². The second-order valence-corrected chi connectivity index (χ2v) is 7.49.